The van der Waals surface area contributed by atoms with Crippen molar-refractivity contribution in [3.63, 3.8) is 0 Å². The van der Waals surface area contributed by atoms with Gasteiger partial charge in [0.15, 0.2) is 0 Å². The minimum Gasteiger partial charge on any atom is -0.428 e. The van der Waals surface area contributed by atoms with Crippen LogP contribution in [0.1, 0.15) is 36.2 Å². The number of carbonyl (C=O) groups excluding carboxylic acids is 1. The molecule has 0 aliphatic carbocycles. The molecule has 0 amide bonds. The second-order valence-corrected chi connectivity index (χ2v) is 5.54. The Morgan fingerprint density at radius 3 is 2.18 bits per heavy atom. The lowest BCUT2D eigenvalue weighted by Crippen LogP contribution is -2.09. The highest BCUT2D eigenvalue weighted by atomic mass is 16.5. The number of rotatable bonds is 6. The number of benzene rings is 2. The van der Waals surface area contributed by atoms with Crippen LogP contribution in [-0.2, 0) is 11.2 Å². The molecule has 0 atom stereocenters. The van der Waals surface area contributed by atoms with E-state index in [2.05, 4.69) is 12.1 Å². The Morgan fingerprint density at radius 2 is 1.59 bits per heavy atom. The zero-order valence-corrected chi connectivity index (χ0v) is 13.2. The predicted molar refractivity (Wildman–Crippen MR) is 89.5 cm³/mol. The maximum absolute atomic E-state index is 12.1. The maximum Gasteiger partial charge on any atom is 0.343 e. The Labute approximate surface area is 132 Å². The van der Waals surface area contributed by atoms with Gasteiger partial charge in [-0.3, -0.25) is 0 Å². The average molecular weight is 294 g/mol. The summed E-state index contributed by atoms with van der Waals surface area (Å²) in [6.07, 6.45) is 3.83. The Bertz CT molecular complexity index is 613. The SMILES string of the molecule is CC(C)/C(=C\CCc1ccccc1)OC(=O)c1ccccc1. The summed E-state index contributed by atoms with van der Waals surface area (Å²) in [6, 6.07) is 19.4. The Kier molecular flexibility index (Phi) is 5.96. The molecule has 2 nitrogen and oxygen atoms in total. The van der Waals surface area contributed by atoms with Gasteiger partial charge in [0.25, 0.3) is 0 Å². The van der Waals surface area contributed by atoms with Crippen LogP contribution >= 0.6 is 0 Å². The van der Waals surface area contributed by atoms with E-state index < -0.39 is 0 Å². The van der Waals surface area contributed by atoms with Crippen molar-refractivity contribution in [1.29, 1.82) is 0 Å². The average Bonchev–Trinajstić information content (AvgIpc) is 2.55. The molecule has 114 valence electrons. The molecule has 0 bridgehead atoms. The number of allylic oxidation sites excluding steroid dienone is 2. The van der Waals surface area contributed by atoms with Crippen LogP contribution in [0.2, 0.25) is 0 Å². The van der Waals surface area contributed by atoms with Crippen molar-refractivity contribution in [3.05, 3.63) is 83.6 Å². The number of hydrogen-bond acceptors (Lipinski definition) is 2. The molecule has 0 aromatic heterocycles. The van der Waals surface area contributed by atoms with Gasteiger partial charge in [-0.15, -0.1) is 0 Å². The van der Waals surface area contributed by atoms with Gasteiger partial charge in [0.1, 0.15) is 5.76 Å². The molecule has 0 unspecified atom stereocenters. The molecule has 0 saturated carbocycles. The van der Waals surface area contributed by atoms with Crippen LogP contribution in [0.5, 0.6) is 0 Å². The Balaban J connectivity index is 1.97. The van der Waals surface area contributed by atoms with E-state index in [0.717, 1.165) is 18.6 Å². The predicted octanol–water partition coefficient (Wildman–Crippen LogP) is 5.02. The van der Waals surface area contributed by atoms with Gasteiger partial charge in [-0.25, -0.2) is 4.79 Å². The number of carbonyl (C=O) groups is 1. The first-order chi connectivity index (χ1) is 10.7. The summed E-state index contributed by atoms with van der Waals surface area (Å²) in [5.41, 5.74) is 1.87. The first kappa shape index (κ1) is 16.0. The van der Waals surface area contributed by atoms with Crippen LogP contribution in [0.25, 0.3) is 0 Å². The molecule has 22 heavy (non-hydrogen) atoms. The molecular formula is C20H22O2. The third-order valence-corrected chi connectivity index (χ3v) is 3.41. The van der Waals surface area contributed by atoms with E-state index in [1.807, 2.05) is 56.3 Å². The van der Waals surface area contributed by atoms with Crippen LogP contribution in [0, 0.1) is 5.92 Å². The molecule has 2 heteroatoms. The molecule has 0 aliphatic rings. The molecule has 0 radical (unpaired) electrons. The van der Waals surface area contributed by atoms with E-state index >= 15 is 0 Å². The Hall–Kier alpha value is -2.35. The topological polar surface area (TPSA) is 26.3 Å². The summed E-state index contributed by atoms with van der Waals surface area (Å²) >= 11 is 0. The largest absolute Gasteiger partial charge is 0.428 e. The van der Waals surface area contributed by atoms with E-state index in [0.29, 0.717) is 5.56 Å². The number of aryl methyl sites for hydroxylation is 1. The lowest BCUT2D eigenvalue weighted by Gasteiger charge is -2.12. The summed E-state index contributed by atoms with van der Waals surface area (Å²) in [4.78, 5) is 12.1. The quantitative estimate of drug-likeness (QED) is 0.552. The molecule has 0 N–H and O–H groups in total. The van der Waals surface area contributed by atoms with E-state index in [1.165, 1.54) is 5.56 Å². The van der Waals surface area contributed by atoms with Crippen molar-refractivity contribution in [2.24, 2.45) is 5.92 Å². The molecule has 2 rings (SSSR count). The molecule has 0 fully saturated rings. The highest BCUT2D eigenvalue weighted by Gasteiger charge is 2.12. The van der Waals surface area contributed by atoms with Crippen LogP contribution in [0.15, 0.2) is 72.5 Å². The van der Waals surface area contributed by atoms with E-state index in [-0.39, 0.29) is 11.9 Å². The van der Waals surface area contributed by atoms with Crippen LogP contribution in [-0.4, -0.2) is 5.97 Å². The van der Waals surface area contributed by atoms with E-state index in [4.69, 9.17) is 4.74 Å². The van der Waals surface area contributed by atoms with Crippen LogP contribution in [0.3, 0.4) is 0 Å². The minimum atomic E-state index is -0.291. The second-order valence-electron chi connectivity index (χ2n) is 5.54. The van der Waals surface area contributed by atoms with Crippen molar-refractivity contribution in [3.8, 4) is 0 Å². The fourth-order valence-corrected chi connectivity index (χ4v) is 2.16. The van der Waals surface area contributed by atoms with Gasteiger partial charge >= 0.3 is 5.97 Å². The normalized spacial score (nSPS) is 11.5. The molecule has 2 aromatic rings. The van der Waals surface area contributed by atoms with Crippen molar-refractivity contribution < 1.29 is 9.53 Å². The third-order valence-electron chi connectivity index (χ3n) is 3.41. The van der Waals surface area contributed by atoms with Crippen molar-refractivity contribution >= 4 is 5.97 Å². The van der Waals surface area contributed by atoms with Gasteiger partial charge in [0, 0.05) is 5.92 Å². The van der Waals surface area contributed by atoms with Gasteiger partial charge < -0.3 is 4.74 Å². The van der Waals surface area contributed by atoms with Gasteiger partial charge in [0.2, 0.25) is 0 Å². The first-order valence-electron chi connectivity index (χ1n) is 7.68. The highest BCUT2D eigenvalue weighted by Crippen LogP contribution is 2.16. The highest BCUT2D eigenvalue weighted by molar-refractivity contribution is 5.90. The maximum atomic E-state index is 12.1. The van der Waals surface area contributed by atoms with Gasteiger partial charge in [-0.1, -0.05) is 62.4 Å². The lowest BCUT2D eigenvalue weighted by atomic mass is 10.1. The Morgan fingerprint density at radius 1 is 1.00 bits per heavy atom. The van der Waals surface area contributed by atoms with Crippen LogP contribution < -0.4 is 0 Å². The smallest absolute Gasteiger partial charge is 0.343 e. The summed E-state index contributed by atoms with van der Waals surface area (Å²) < 4.78 is 5.56. The minimum absolute atomic E-state index is 0.184. The van der Waals surface area contributed by atoms with Gasteiger partial charge in [0.05, 0.1) is 5.56 Å². The molecule has 2 aromatic carbocycles. The van der Waals surface area contributed by atoms with Crippen molar-refractivity contribution in [2.45, 2.75) is 26.7 Å². The lowest BCUT2D eigenvalue weighted by molar-refractivity contribution is 0.0594. The van der Waals surface area contributed by atoms with E-state index in [1.54, 1.807) is 12.1 Å². The molecule has 0 aliphatic heterocycles. The summed E-state index contributed by atoms with van der Waals surface area (Å²) in [7, 11) is 0. The summed E-state index contributed by atoms with van der Waals surface area (Å²) in [6.45, 7) is 4.07. The second kappa shape index (κ2) is 8.18. The number of esters is 1. The molecule has 0 saturated heterocycles. The monoisotopic (exact) mass is 294 g/mol. The van der Waals surface area contributed by atoms with Gasteiger partial charge in [-0.2, -0.15) is 0 Å². The summed E-state index contributed by atoms with van der Waals surface area (Å²) in [5.74, 6) is 0.633. The fraction of sp³-hybridized carbons (Fsp3) is 0.250. The van der Waals surface area contributed by atoms with Crippen LogP contribution in [0.4, 0.5) is 0 Å². The molecule has 0 spiro atoms. The first-order valence-corrected chi connectivity index (χ1v) is 7.68. The van der Waals surface area contributed by atoms with Crippen molar-refractivity contribution in [1.82, 2.24) is 0 Å². The zero-order valence-electron chi connectivity index (χ0n) is 13.2. The molecular weight excluding hydrogens is 272 g/mol. The fourth-order valence-electron chi connectivity index (χ4n) is 2.16. The van der Waals surface area contributed by atoms with E-state index in [9.17, 15) is 4.79 Å². The third kappa shape index (κ3) is 4.88. The molecule has 0 heterocycles. The summed E-state index contributed by atoms with van der Waals surface area (Å²) in [5, 5.41) is 0. The zero-order chi connectivity index (χ0) is 15.8. The standard InChI is InChI=1S/C20H22O2/c1-16(2)19(15-9-12-17-10-5-3-6-11-17)22-20(21)18-13-7-4-8-14-18/h3-8,10-11,13-16H,9,12H2,1-2H3/b19-15+. The number of hydrogen-bond donors (Lipinski definition) is 0. The number of ether oxygens (including phenoxy) is 1. The van der Waals surface area contributed by atoms with Gasteiger partial charge in [-0.05, 0) is 36.6 Å². The van der Waals surface area contributed by atoms with Crippen molar-refractivity contribution in [2.75, 3.05) is 0 Å².